The lowest BCUT2D eigenvalue weighted by atomic mass is 10.1. The van der Waals surface area contributed by atoms with Gasteiger partial charge in [0.2, 0.25) is 5.91 Å². The van der Waals surface area contributed by atoms with Crippen LogP contribution in [-0.4, -0.2) is 15.7 Å². The van der Waals surface area contributed by atoms with Crippen molar-refractivity contribution in [1.82, 2.24) is 9.78 Å². The SMILES string of the molecule is Cc1ccc(NC(=O)Cc2ccc(-n3cccn3)cc2)cc1. The van der Waals surface area contributed by atoms with Gasteiger partial charge in [0.25, 0.3) is 0 Å². The fourth-order valence-electron chi connectivity index (χ4n) is 2.22. The molecule has 3 aromatic rings. The number of benzene rings is 2. The van der Waals surface area contributed by atoms with E-state index in [1.807, 2.05) is 67.7 Å². The molecule has 1 heterocycles. The average Bonchev–Trinajstić information content (AvgIpc) is 3.05. The summed E-state index contributed by atoms with van der Waals surface area (Å²) < 4.78 is 1.79. The Hall–Kier alpha value is -2.88. The molecule has 22 heavy (non-hydrogen) atoms. The van der Waals surface area contributed by atoms with Crippen LogP contribution in [0.3, 0.4) is 0 Å². The van der Waals surface area contributed by atoms with Gasteiger partial charge in [-0.2, -0.15) is 5.10 Å². The molecule has 0 saturated carbocycles. The number of aromatic nitrogens is 2. The van der Waals surface area contributed by atoms with Crippen LogP contribution in [0, 0.1) is 6.92 Å². The molecule has 2 aromatic carbocycles. The molecule has 4 nitrogen and oxygen atoms in total. The van der Waals surface area contributed by atoms with Gasteiger partial charge in [0.1, 0.15) is 0 Å². The maximum Gasteiger partial charge on any atom is 0.228 e. The van der Waals surface area contributed by atoms with Gasteiger partial charge < -0.3 is 5.32 Å². The second-order valence-corrected chi connectivity index (χ2v) is 5.21. The van der Waals surface area contributed by atoms with E-state index in [9.17, 15) is 4.79 Å². The van der Waals surface area contributed by atoms with Gasteiger partial charge in [0, 0.05) is 18.1 Å². The number of anilines is 1. The predicted octanol–water partition coefficient (Wildman–Crippen LogP) is 3.36. The molecule has 0 atom stereocenters. The van der Waals surface area contributed by atoms with Crippen LogP contribution < -0.4 is 5.32 Å². The van der Waals surface area contributed by atoms with E-state index >= 15 is 0 Å². The Kier molecular flexibility index (Phi) is 4.01. The molecular formula is C18H17N3O. The highest BCUT2D eigenvalue weighted by atomic mass is 16.1. The van der Waals surface area contributed by atoms with E-state index in [1.165, 1.54) is 5.56 Å². The number of rotatable bonds is 4. The molecule has 0 aliphatic heterocycles. The lowest BCUT2D eigenvalue weighted by molar-refractivity contribution is -0.115. The predicted molar refractivity (Wildman–Crippen MR) is 87.1 cm³/mol. The molecule has 110 valence electrons. The second kappa shape index (κ2) is 6.26. The lowest BCUT2D eigenvalue weighted by Crippen LogP contribution is -2.14. The molecular weight excluding hydrogens is 274 g/mol. The van der Waals surface area contributed by atoms with Gasteiger partial charge >= 0.3 is 0 Å². The molecule has 3 rings (SSSR count). The summed E-state index contributed by atoms with van der Waals surface area (Å²) in [6.45, 7) is 2.02. The van der Waals surface area contributed by atoms with Gasteiger partial charge in [-0.15, -0.1) is 0 Å². The van der Waals surface area contributed by atoms with E-state index in [2.05, 4.69) is 10.4 Å². The fourth-order valence-corrected chi connectivity index (χ4v) is 2.22. The highest BCUT2D eigenvalue weighted by molar-refractivity contribution is 5.92. The molecule has 0 bridgehead atoms. The Balaban J connectivity index is 1.63. The second-order valence-electron chi connectivity index (χ2n) is 5.21. The number of nitrogens with one attached hydrogen (secondary N) is 1. The van der Waals surface area contributed by atoms with E-state index in [1.54, 1.807) is 10.9 Å². The van der Waals surface area contributed by atoms with Crippen molar-refractivity contribution in [1.29, 1.82) is 0 Å². The summed E-state index contributed by atoms with van der Waals surface area (Å²) in [5, 5.41) is 7.08. The number of nitrogens with zero attached hydrogens (tertiary/aromatic N) is 2. The smallest absolute Gasteiger partial charge is 0.228 e. The molecule has 0 saturated heterocycles. The van der Waals surface area contributed by atoms with Crippen LogP contribution in [0.4, 0.5) is 5.69 Å². The Labute approximate surface area is 129 Å². The molecule has 1 aromatic heterocycles. The third-order valence-corrected chi connectivity index (χ3v) is 3.41. The normalized spacial score (nSPS) is 10.4. The lowest BCUT2D eigenvalue weighted by Gasteiger charge is -2.07. The maximum atomic E-state index is 12.1. The van der Waals surface area contributed by atoms with Gasteiger partial charge in [0.05, 0.1) is 12.1 Å². The number of hydrogen-bond donors (Lipinski definition) is 1. The van der Waals surface area contributed by atoms with E-state index < -0.39 is 0 Å². The molecule has 0 unspecified atom stereocenters. The van der Waals surface area contributed by atoms with Gasteiger partial charge in [-0.1, -0.05) is 29.8 Å². The van der Waals surface area contributed by atoms with Crippen molar-refractivity contribution in [3.63, 3.8) is 0 Å². The monoisotopic (exact) mass is 291 g/mol. The van der Waals surface area contributed by atoms with E-state index in [4.69, 9.17) is 0 Å². The van der Waals surface area contributed by atoms with Crippen LogP contribution in [0.5, 0.6) is 0 Å². The third-order valence-electron chi connectivity index (χ3n) is 3.41. The van der Waals surface area contributed by atoms with Crippen molar-refractivity contribution in [2.45, 2.75) is 13.3 Å². The largest absolute Gasteiger partial charge is 0.326 e. The minimum absolute atomic E-state index is 0.0179. The highest BCUT2D eigenvalue weighted by Crippen LogP contribution is 2.12. The first-order valence-corrected chi connectivity index (χ1v) is 7.16. The van der Waals surface area contributed by atoms with E-state index in [-0.39, 0.29) is 5.91 Å². The zero-order valence-corrected chi connectivity index (χ0v) is 12.4. The van der Waals surface area contributed by atoms with Crippen LogP contribution >= 0.6 is 0 Å². The van der Waals surface area contributed by atoms with Gasteiger partial charge in [-0.3, -0.25) is 4.79 Å². The summed E-state index contributed by atoms with van der Waals surface area (Å²) >= 11 is 0. The molecule has 1 amide bonds. The minimum Gasteiger partial charge on any atom is -0.326 e. The molecule has 0 spiro atoms. The van der Waals surface area contributed by atoms with Gasteiger partial charge in [-0.05, 0) is 42.8 Å². The minimum atomic E-state index is -0.0179. The summed E-state index contributed by atoms with van der Waals surface area (Å²) in [6, 6.07) is 17.5. The number of hydrogen-bond acceptors (Lipinski definition) is 2. The van der Waals surface area contributed by atoms with Crippen LogP contribution in [-0.2, 0) is 11.2 Å². The first-order chi connectivity index (χ1) is 10.7. The highest BCUT2D eigenvalue weighted by Gasteiger charge is 2.05. The van der Waals surface area contributed by atoms with Gasteiger partial charge in [-0.25, -0.2) is 4.68 Å². The summed E-state index contributed by atoms with van der Waals surface area (Å²) in [6.07, 6.45) is 3.98. The summed E-state index contributed by atoms with van der Waals surface area (Å²) in [5.74, 6) is -0.0179. The van der Waals surface area contributed by atoms with Crippen molar-refractivity contribution in [2.24, 2.45) is 0 Å². The van der Waals surface area contributed by atoms with Gasteiger partial charge in [0.15, 0.2) is 0 Å². The van der Waals surface area contributed by atoms with Crippen LogP contribution in [0.1, 0.15) is 11.1 Å². The van der Waals surface area contributed by atoms with Crippen LogP contribution in [0.2, 0.25) is 0 Å². The van der Waals surface area contributed by atoms with Crippen molar-refractivity contribution in [3.05, 3.63) is 78.1 Å². The van der Waals surface area contributed by atoms with Crippen LogP contribution in [0.15, 0.2) is 67.0 Å². The molecule has 1 N–H and O–H groups in total. The molecule has 4 heteroatoms. The Morgan fingerprint density at radius 2 is 1.82 bits per heavy atom. The Bertz CT molecular complexity index is 744. The fraction of sp³-hybridized carbons (Fsp3) is 0.111. The van der Waals surface area contributed by atoms with Crippen molar-refractivity contribution >= 4 is 11.6 Å². The average molecular weight is 291 g/mol. The quantitative estimate of drug-likeness (QED) is 0.801. The third kappa shape index (κ3) is 3.41. The molecule has 0 aliphatic rings. The number of aryl methyl sites for hydroxylation is 1. The summed E-state index contributed by atoms with van der Waals surface area (Å²) in [4.78, 5) is 12.1. The van der Waals surface area contributed by atoms with Crippen molar-refractivity contribution in [2.75, 3.05) is 5.32 Å². The number of carbonyl (C=O) groups excluding carboxylic acids is 1. The number of carbonyl (C=O) groups is 1. The Morgan fingerprint density at radius 3 is 2.45 bits per heavy atom. The van der Waals surface area contributed by atoms with E-state index in [0.29, 0.717) is 6.42 Å². The van der Waals surface area contributed by atoms with Crippen molar-refractivity contribution in [3.8, 4) is 5.69 Å². The molecule has 0 radical (unpaired) electrons. The summed E-state index contributed by atoms with van der Waals surface area (Å²) in [5.41, 5.74) is 3.95. The zero-order chi connectivity index (χ0) is 15.4. The van der Waals surface area contributed by atoms with E-state index in [0.717, 1.165) is 16.9 Å². The standard InChI is InChI=1S/C18H17N3O/c1-14-3-7-16(8-4-14)20-18(22)13-15-5-9-17(10-6-15)21-12-2-11-19-21/h2-12H,13H2,1H3,(H,20,22). The molecule has 0 fully saturated rings. The van der Waals surface area contributed by atoms with Crippen LogP contribution in [0.25, 0.3) is 5.69 Å². The Morgan fingerprint density at radius 1 is 1.09 bits per heavy atom. The molecule has 0 aliphatic carbocycles. The number of amides is 1. The summed E-state index contributed by atoms with van der Waals surface area (Å²) in [7, 11) is 0. The van der Waals surface area contributed by atoms with Crippen molar-refractivity contribution < 1.29 is 4.79 Å². The topological polar surface area (TPSA) is 46.9 Å². The zero-order valence-electron chi connectivity index (χ0n) is 12.4. The first kappa shape index (κ1) is 14.1. The first-order valence-electron chi connectivity index (χ1n) is 7.16. The maximum absolute atomic E-state index is 12.1.